The fourth-order valence-corrected chi connectivity index (χ4v) is 6.48. The van der Waals surface area contributed by atoms with Gasteiger partial charge < -0.3 is 26.6 Å². The van der Waals surface area contributed by atoms with Gasteiger partial charge in [-0.2, -0.15) is 0 Å². The summed E-state index contributed by atoms with van der Waals surface area (Å²) in [4.78, 5) is 0. The fourth-order valence-electron chi connectivity index (χ4n) is 2.59. The molecule has 0 amide bonds. The van der Waals surface area contributed by atoms with Crippen molar-refractivity contribution in [1.29, 1.82) is 0 Å². The van der Waals surface area contributed by atoms with Gasteiger partial charge in [0.25, 0.3) is 0 Å². The topological polar surface area (TPSA) is 55.4 Å². The lowest BCUT2D eigenvalue weighted by Crippen LogP contribution is -2.45. The van der Waals surface area contributed by atoms with Gasteiger partial charge in [0.05, 0.1) is 0 Å². The summed E-state index contributed by atoms with van der Waals surface area (Å²) in [5.74, 6) is 0. The van der Waals surface area contributed by atoms with E-state index in [0.29, 0.717) is 19.8 Å². The molecule has 6 nitrogen and oxygen atoms in total. The molecule has 0 heterocycles. The van der Waals surface area contributed by atoms with Crippen molar-refractivity contribution in [2.24, 2.45) is 0 Å². The van der Waals surface area contributed by atoms with Crippen molar-refractivity contribution in [1.82, 2.24) is 0 Å². The van der Waals surface area contributed by atoms with E-state index in [1.165, 1.54) is 5.56 Å². The first kappa shape index (κ1) is 30.6. The molecule has 0 N–H and O–H groups in total. The van der Waals surface area contributed by atoms with E-state index < -0.39 is 17.6 Å². The first-order valence-corrected chi connectivity index (χ1v) is 14.2. The number of benzene rings is 1. The maximum Gasteiger partial charge on any atom is 0.500 e. The predicted molar refractivity (Wildman–Crippen MR) is 124 cm³/mol. The van der Waals surface area contributed by atoms with Crippen LogP contribution in [0.1, 0.15) is 40.2 Å². The van der Waals surface area contributed by atoms with Crippen LogP contribution in [0.25, 0.3) is 0 Å². The Kier molecular flexibility index (Phi) is 20.5. The molecule has 0 atom stereocenters. The zero-order chi connectivity index (χ0) is 22.6. The Morgan fingerprint density at radius 3 is 1.41 bits per heavy atom. The van der Waals surface area contributed by atoms with Gasteiger partial charge in [-0.15, -0.1) is 0 Å². The maximum absolute atomic E-state index is 5.55. The lowest BCUT2D eigenvalue weighted by molar-refractivity contribution is 0.0725. The van der Waals surface area contributed by atoms with Crippen LogP contribution < -0.4 is 0 Å². The molecular weight excluding hydrogens is 404 g/mol. The summed E-state index contributed by atoms with van der Waals surface area (Å²) in [6.07, 6.45) is 0.919. The lowest BCUT2D eigenvalue weighted by atomic mass is 10.2. The molecule has 0 bridgehead atoms. The van der Waals surface area contributed by atoms with E-state index in [1.54, 1.807) is 28.3 Å². The minimum atomic E-state index is -2.40. The van der Waals surface area contributed by atoms with Gasteiger partial charge in [-0.1, -0.05) is 51.1 Å². The first-order valence-electron chi connectivity index (χ1n) is 10.3. The normalized spacial score (nSPS) is 11.2. The monoisotopic (exact) mass is 447 g/mol. The molecule has 8 heteroatoms. The van der Waals surface area contributed by atoms with Gasteiger partial charge in [-0.05, 0) is 32.8 Å². The van der Waals surface area contributed by atoms with Gasteiger partial charge in [0.2, 0.25) is 0 Å². The molecule has 0 spiro atoms. The van der Waals surface area contributed by atoms with E-state index in [-0.39, 0.29) is 0 Å². The molecule has 0 aromatic heterocycles. The molecule has 0 aliphatic rings. The van der Waals surface area contributed by atoms with Gasteiger partial charge in [-0.3, -0.25) is 0 Å². The van der Waals surface area contributed by atoms with Crippen molar-refractivity contribution >= 4 is 17.6 Å². The van der Waals surface area contributed by atoms with E-state index >= 15 is 0 Å². The Labute approximate surface area is 181 Å². The van der Waals surface area contributed by atoms with Crippen molar-refractivity contribution in [2.45, 2.75) is 53.1 Å². The lowest BCUT2D eigenvalue weighted by Gasteiger charge is -2.26. The van der Waals surface area contributed by atoms with Crippen LogP contribution in [-0.4, -0.2) is 58.8 Å². The molecular formula is C21H43O6Si2. The summed E-state index contributed by atoms with van der Waals surface area (Å²) >= 11 is 0. The second kappa shape index (κ2) is 19.4. The third kappa shape index (κ3) is 12.6. The zero-order valence-electron chi connectivity index (χ0n) is 19.8. The molecule has 0 aliphatic heterocycles. The molecule has 1 rings (SSSR count). The van der Waals surface area contributed by atoms with Crippen LogP contribution in [0.5, 0.6) is 0 Å². The van der Waals surface area contributed by atoms with Gasteiger partial charge in [-0.25, -0.2) is 0 Å². The highest BCUT2D eigenvalue weighted by atomic mass is 28.4. The van der Waals surface area contributed by atoms with Crippen LogP contribution in [0, 0.1) is 6.92 Å². The number of rotatable bonds is 13. The van der Waals surface area contributed by atoms with Gasteiger partial charge >= 0.3 is 17.6 Å². The van der Waals surface area contributed by atoms with Crippen LogP contribution in [0.2, 0.25) is 12.1 Å². The van der Waals surface area contributed by atoms with Crippen LogP contribution in [-0.2, 0) is 33.0 Å². The second-order valence-electron chi connectivity index (χ2n) is 5.62. The van der Waals surface area contributed by atoms with Crippen LogP contribution >= 0.6 is 0 Å². The Bertz CT molecular complexity index is 432. The van der Waals surface area contributed by atoms with Crippen molar-refractivity contribution in [3.63, 3.8) is 0 Å². The Hall–Kier alpha value is -0.586. The zero-order valence-corrected chi connectivity index (χ0v) is 21.8. The fraction of sp³-hybridized carbons (Fsp3) is 0.667. The standard InChI is InChI=1S/C11H18O3Si.C8H20O3Si.C2H5/c1-12-15(13-2,14-3)10-9-11-7-5-4-6-8-11;1-5-9-12(8-4,10-6-2)11-7-3;1-2/h4-8H,9-10H2,1-3H3;5-8H2,1-4H3;1H2,2H3. The molecule has 1 aromatic carbocycles. The summed E-state index contributed by atoms with van der Waals surface area (Å²) in [5, 5.41) is 0. The van der Waals surface area contributed by atoms with E-state index in [1.807, 2.05) is 45.9 Å². The SMILES string of the molecule is CCO[Si](CC)(OCC)OCC.CO[Si](CCc1ccccc1)(OC)OC.[CH2]C. The smallest absolute Gasteiger partial charge is 0.377 e. The van der Waals surface area contributed by atoms with Crippen molar-refractivity contribution in [3.8, 4) is 0 Å². The highest BCUT2D eigenvalue weighted by Crippen LogP contribution is 2.16. The first-order chi connectivity index (χ1) is 14.0. The second-order valence-corrected chi connectivity index (χ2v) is 11.6. The molecule has 0 aliphatic carbocycles. The average molecular weight is 448 g/mol. The number of hydrogen-bond acceptors (Lipinski definition) is 6. The quantitative estimate of drug-likeness (QED) is 0.397. The molecule has 0 fully saturated rings. The van der Waals surface area contributed by atoms with Crippen molar-refractivity contribution < 1.29 is 26.6 Å². The van der Waals surface area contributed by atoms with Crippen molar-refractivity contribution in [2.75, 3.05) is 41.2 Å². The summed E-state index contributed by atoms with van der Waals surface area (Å²) in [6.45, 7) is 15.0. The molecule has 1 aromatic rings. The van der Waals surface area contributed by atoms with E-state index in [4.69, 9.17) is 26.6 Å². The molecule has 1 radical (unpaired) electrons. The average Bonchev–Trinajstić information content (AvgIpc) is 2.78. The molecule has 0 saturated heterocycles. The van der Waals surface area contributed by atoms with E-state index in [0.717, 1.165) is 18.5 Å². The predicted octanol–water partition coefficient (Wildman–Crippen LogP) is 5.00. The number of hydrogen-bond donors (Lipinski definition) is 0. The molecule has 0 saturated carbocycles. The van der Waals surface area contributed by atoms with Crippen LogP contribution in [0.3, 0.4) is 0 Å². The third-order valence-electron chi connectivity index (χ3n) is 4.02. The summed E-state index contributed by atoms with van der Waals surface area (Å²) < 4.78 is 32.7. The van der Waals surface area contributed by atoms with Crippen molar-refractivity contribution in [3.05, 3.63) is 42.8 Å². The van der Waals surface area contributed by atoms with E-state index in [9.17, 15) is 0 Å². The highest BCUT2D eigenvalue weighted by molar-refractivity contribution is 6.60. The Balaban J connectivity index is 0. The highest BCUT2D eigenvalue weighted by Gasteiger charge is 2.38. The van der Waals surface area contributed by atoms with Gasteiger partial charge in [0, 0.05) is 53.2 Å². The summed E-state index contributed by atoms with van der Waals surface area (Å²) in [7, 11) is 0.260. The number of aryl methyl sites for hydroxylation is 1. The van der Waals surface area contributed by atoms with Gasteiger partial charge in [0.1, 0.15) is 0 Å². The third-order valence-corrected chi connectivity index (χ3v) is 9.80. The molecule has 29 heavy (non-hydrogen) atoms. The summed E-state index contributed by atoms with van der Waals surface area (Å²) in [6, 6.07) is 11.9. The largest absolute Gasteiger partial charge is 0.500 e. The molecule has 0 unspecified atom stereocenters. The Morgan fingerprint density at radius 2 is 1.10 bits per heavy atom. The van der Waals surface area contributed by atoms with E-state index in [2.05, 4.69) is 19.1 Å². The maximum atomic E-state index is 5.55. The van der Waals surface area contributed by atoms with Gasteiger partial charge in [0.15, 0.2) is 0 Å². The minimum absolute atomic E-state index is 0.667. The van der Waals surface area contributed by atoms with Crippen LogP contribution in [0.4, 0.5) is 0 Å². The minimum Gasteiger partial charge on any atom is -0.377 e. The summed E-state index contributed by atoms with van der Waals surface area (Å²) in [5.41, 5.74) is 1.28. The van der Waals surface area contributed by atoms with Crippen LogP contribution in [0.15, 0.2) is 30.3 Å². The Morgan fingerprint density at radius 1 is 0.690 bits per heavy atom. The molecule has 171 valence electrons.